The first kappa shape index (κ1) is 11.4. The summed E-state index contributed by atoms with van der Waals surface area (Å²) in [6.45, 7) is 2.85. The molecule has 2 fully saturated rings. The van der Waals surface area contributed by atoms with Gasteiger partial charge in [-0.25, -0.2) is 0 Å². The Morgan fingerprint density at radius 3 is 2.50 bits per heavy atom. The number of rotatable bonds is 4. The second kappa shape index (κ2) is 4.07. The summed E-state index contributed by atoms with van der Waals surface area (Å²) in [4.78, 5) is 22.8. The van der Waals surface area contributed by atoms with Crippen molar-refractivity contribution in [2.75, 3.05) is 6.54 Å². The Kier molecular flexibility index (Phi) is 2.91. The molecule has 0 radical (unpaired) electrons. The molecule has 0 saturated heterocycles. The topological polar surface area (TPSA) is 66.4 Å². The van der Waals surface area contributed by atoms with Crippen molar-refractivity contribution in [2.45, 2.75) is 39.0 Å². The van der Waals surface area contributed by atoms with Crippen LogP contribution in [0.5, 0.6) is 0 Å². The Bertz CT molecular complexity index is 309. The van der Waals surface area contributed by atoms with Gasteiger partial charge in [-0.1, -0.05) is 13.3 Å². The molecular weight excluding hydrogens is 206 g/mol. The van der Waals surface area contributed by atoms with Crippen LogP contribution >= 0.6 is 0 Å². The van der Waals surface area contributed by atoms with Crippen LogP contribution in [-0.4, -0.2) is 23.5 Å². The van der Waals surface area contributed by atoms with Gasteiger partial charge in [0.25, 0.3) is 0 Å². The maximum absolute atomic E-state index is 11.9. The van der Waals surface area contributed by atoms with E-state index in [1.807, 2.05) is 0 Å². The van der Waals surface area contributed by atoms with E-state index in [2.05, 4.69) is 12.2 Å². The van der Waals surface area contributed by atoms with Crippen molar-refractivity contribution in [3.05, 3.63) is 0 Å². The number of carboxylic acid groups (broad SMARTS) is 1. The number of hydrogen-bond donors (Lipinski definition) is 2. The Morgan fingerprint density at radius 1 is 1.31 bits per heavy atom. The van der Waals surface area contributed by atoms with Gasteiger partial charge >= 0.3 is 5.97 Å². The molecule has 0 aromatic heterocycles. The molecule has 0 bridgehead atoms. The summed E-state index contributed by atoms with van der Waals surface area (Å²) in [7, 11) is 0. The molecule has 2 rings (SSSR count). The standard InChI is InChI=1S/C12H19NO3/c1-12(5-6-12)7-13-10(14)8-3-2-4-9(8)11(15)16/h8-9H,2-7H2,1H3,(H,13,14)(H,15,16). The van der Waals surface area contributed by atoms with Gasteiger partial charge in [0.15, 0.2) is 0 Å². The molecule has 2 saturated carbocycles. The van der Waals surface area contributed by atoms with Gasteiger partial charge in [0.1, 0.15) is 0 Å². The summed E-state index contributed by atoms with van der Waals surface area (Å²) >= 11 is 0. The molecule has 0 heterocycles. The summed E-state index contributed by atoms with van der Waals surface area (Å²) in [6.07, 6.45) is 4.55. The second-order valence-corrected chi connectivity index (χ2v) is 5.51. The maximum Gasteiger partial charge on any atom is 0.307 e. The fourth-order valence-electron chi connectivity index (χ4n) is 2.39. The lowest BCUT2D eigenvalue weighted by molar-refractivity contribution is -0.146. The second-order valence-electron chi connectivity index (χ2n) is 5.51. The SMILES string of the molecule is CC1(CNC(=O)C2CCCC2C(=O)O)CC1. The van der Waals surface area contributed by atoms with E-state index < -0.39 is 11.9 Å². The largest absolute Gasteiger partial charge is 0.481 e. The lowest BCUT2D eigenvalue weighted by Gasteiger charge is -2.17. The molecule has 4 heteroatoms. The molecule has 0 aromatic carbocycles. The number of carbonyl (C=O) groups excluding carboxylic acids is 1. The quantitative estimate of drug-likeness (QED) is 0.760. The average molecular weight is 225 g/mol. The summed E-state index contributed by atoms with van der Waals surface area (Å²) < 4.78 is 0. The van der Waals surface area contributed by atoms with E-state index in [0.717, 1.165) is 12.8 Å². The number of aliphatic carboxylic acids is 1. The van der Waals surface area contributed by atoms with Crippen LogP contribution in [0.3, 0.4) is 0 Å². The van der Waals surface area contributed by atoms with Crippen molar-refractivity contribution >= 4 is 11.9 Å². The zero-order chi connectivity index (χ0) is 11.8. The normalized spacial score (nSPS) is 31.1. The highest BCUT2D eigenvalue weighted by atomic mass is 16.4. The highest BCUT2D eigenvalue weighted by molar-refractivity contribution is 5.85. The predicted octanol–water partition coefficient (Wildman–Crippen LogP) is 1.40. The van der Waals surface area contributed by atoms with Crippen LogP contribution in [0.15, 0.2) is 0 Å². The first-order chi connectivity index (χ1) is 7.52. The van der Waals surface area contributed by atoms with Gasteiger partial charge in [-0.05, 0) is 31.1 Å². The maximum atomic E-state index is 11.9. The van der Waals surface area contributed by atoms with E-state index in [9.17, 15) is 9.59 Å². The molecule has 2 aliphatic rings. The van der Waals surface area contributed by atoms with Crippen LogP contribution in [0, 0.1) is 17.3 Å². The van der Waals surface area contributed by atoms with Crippen molar-refractivity contribution in [2.24, 2.45) is 17.3 Å². The van der Waals surface area contributed by atoms with Crippen LogP contribution in [0.1, 0.15) is 39.0 Å². The highest BCUT2D eigenvalue weighted by Gasteiger charge is 2.40. The fourth-order valence-corrected chi connectivity index (χ4v) is 2.39. The van der Waals surface area contributed by atoms with E-state index in [4.69, 9.17) is 5.11 Å². The van der Waals surface area contributed by atoms with E-state index in [1.54, 1.807) is 0 Å². The van der Waals surface area contributed by atoms with Crippen LogP contribution in [-0.2, 0) is 9.59 Å². The number of carbonyl (C=O) groups is 2. The van der Waals surface area contributed by atoms with E-state index in [1.165, 1.54) is 12.8 Å². The van der Waals surface area contributed by atoms with Crippen LogP contribution in [0.2, 0.25) is 0 Å². The summed E-state index contributed by atoms with van der Waals surface area (Å²) in [6, 6.07) is 0. The Labute approximate surface area is 95.4 Å². The first-order valence-corrected chi connectivity index (χ1v) is 6.02. The molecule has 1 amide bonds. The minimum Gasteiger partial charge on any atom is -0.481 e. The lowest BCUT2D eigenvalue weighted by atomic mass is 9.95. The van der Waals surface area contributed by atoms with E-state index in [0.29, 0.717) is 13.0 Å². The molecular formula is C12H19NO3. The molecule has 90 valence electrons. The van der Waals surface area contributed by atoms with Gasteiger partial charge in [-0.2, -0.15) is 0 Å². The molecule has 0 aliphatic heterocycles. The van der Waals surface area contributed by atoms with Crippen molar-refractivity contribution < 1.29 is 14.7 Å². The number of nitrogens with one attached hydrogen (secondary N) is 1. The van der Waals surface area contributed by atoms with Gasteiger partial charge in [-0.15, -0.1) is 0 Å². The highest BCUT2D eigenvalue weighted by Crippen LogP contribution is 2.44. The lowest BCUT2D eigenvalue weighted by Crippen LogP contribution is -2.37. The zero-order valence-corrected chi connectivity index (χ0v) is 9.66. The molecule has 16 heavy (non-hydrogen) atoms. The van der Waals surface area contributed by atoms with Crippen LogP contribution < -0.4 is 5.32 Å². The van der Waals surface area contributed by atoms with Gasteiger partial charge in [-0.3, -0.25) is 9.59 Å². The average Bonchev–Trinajstić information content (AvgIpc) is 2.81. The van der Waals surface area contributed by atoms with Crippen molar-refractivity contribution in [3.63, 3.8) is 0 Å². The van der Waals surface area contributed by atoms with Crippen molar-refractivity contribution in [3.8, 4) is 0 Å². The smallest absolute Gasteiger partial charge is 0.307 e. The van der Waals surface area contributed by atoms with Crippen molar-refractivity contribution in [1.29, 1.82) is 0 Å². The molecule has 2 atom stereocenters. The predicted molar refractivity (Wildman–Crippen MR) is 58.8 cm³/mol. The summed E-state index contributed by atoms with van der Waals surface area (Å²) in [5, 5.41) is 11.9. The van der Waals surface area contributed by atoms with Gasteiger partial charge in [0, 0.05) is 6.54 Å². The minimum absolute atomic E-state index is 0.0574. The third kappa shape index (κ3) is 2.36. The van der Waals surface area contributed by atoms with E-state index >= 15 is 0 Å². The van der Waals surface area contributed by atoms with Gasteiger partial charge in [0.2, 0.25) is 5.91 Å². The molecule has 2 N–H and O–H groups in total. The van der Waals surface area contributed by atoms with Gasteiger partial charge < -0.3 is 10.4 Å². The van der Waals surface area contributed by atoms with Crippen molar-refractivity contribution in [1.82, 2.24) is 5.32 Å². The van der Waals surface area contributed by atoms with E-state index in [-0.39, 0.29) is 17.2 Å². The zero-order valence-electron chi connectivity index (χ0n) is 9.66. The third-order valence-corrected chi connectivity index (χ3v) is 3.96. The monoisotopic (exact) mass is 225 g/mol. The first-order valence-electron chi connectivity index (χ1n) is 6.02. The van der Waals surface area contributed by atoms with Gasteiger partial charge in [0.05, 0.1) is 11.8 Å². The molecule has 2 aliphatic carbocycles. The molecule has 0 spiro atoms. The Morgan fingerprint density at radius 2 is 1.94 bits per heavy atom. The molecule has 0 aromatic rings. The molecule has 4 nitrogen and oxygen atoms in total. The van der Waals surface area contributed by atoms with Crippen LogP contribution in [0.4, 0.5) is 0 Å². The fraction of sp³-hybridized carbons (Fsp3) is 0.833. The third-order valence-electron chi connectivity index (χ3n) is 3.96. The molecule has 2 unspecified atom stereocenters. The summed E-state index contributed by atoms with van der Waals surface area (Å²) in [5.41, 5.74) is 0.285. The Balaban J connectivity index is 1.85. The Hall–Kier alpha value is -1.06. The summed E-state index contributed by atoms with van der Waals surface area (Å²) in [5.74, 6) is -1.65. The number of hydrogen-bond acceptors (Lipinski definition) is 2. The number of amides is 1. The minimum atomic E-state index is -0.824. The number of carboxylic acids is 1. The van der Waals surface area contributed by atoms with Crippen LogP contribution in [0.25, 0.3) is 0 Å².